The third-order valence-corrected chi connectivity index (χ3v) is 1.87. The zero-order valence-corrected chi connectivity index (χ0v) is 8.49. The van der Waals surface area contributed by atoms with E-state index >= 15 is 0 Å². The van der Waals surface area contributed by atoms with Gasteiger partial charge in [0.25, 0.3) is 0 Å². The Balaban J connectivity index is 2.48. The molecule has 1 rings (SSSR count). The number of carbonyl (C=O) groups is 2. The summed E-state index contributed by atoms with van der Waals surface area (Å²) in [5, 5.41) is 11.0. The molecule has 0 aromatic heterocycles. The minimum atomic E-state index is -0.964. The van der Waals surface area contributed by atoms with Crippen LogP contribution in [0.5, 0.6) is 0 Å². The van der Waals surface area contributed by atoms with Gasteiger partial charge in [-0.05, 0) is 24.6 Å². The predicted octanol–water partition coefficient (Wildman–Crippen LogP) is 1.80. The Morgan fingerprint density at radius 1 is 1.33 bits per heavy atom. The van der Waals surface area contributed by atoms with E-state index in [1.54, 1.807) is 6.07 Å². The fourth-order valence-electron chi connectivity index (χ4n) is 1.17. The third-order valence-electron chi connectivity index (χ3n) is 1.87. The standard InChI is InChI=1S/C11H13NO3/c1-8-3-2-4-9(7-8)12-10(13)5-6-11(14)15/h2-4,7H,5-6H2,1H3,(H,12,13)(H,14,15). The summed E-state index contributed by atoms with van der Waals surface area (Å²) in [7, 11) is 0. The molecule has 0 unspecified atom stereocenters. The van der Waals surface area contributed by atoms with Gasteiger partial charge in [0.05, 0.1) is 6.42 Å². The summed E-state index contributed by atoms with van der Waals surface area (Å²) in [6.45, 7) is 1.92. The van der Waals surface area contributed by atoms with Crippen LogP contribution >= 0.6 is 0 Å². The first-order valence-corrected chi connectivity index (χ1v) is 4.66. The number of nitrogens with one attached hydrogen (secondary N) is 1. The average Bonchev–Trinajstić information content (AvgIpc) is 2.15. The van der Waals surface area contributed by atoms with E-state index in [-0.39, 0.29) is 18.7 Å². The number of carboxylic acid groups (broad SMARTS) is 1. The van der Waals surface area contributed by atoms with Gasteiger partial charge in [0.2, 0.25) is 5.91 Å². The molecular formula is C11H13NO3. The number of benzene rings is 1. The highest BCUT2D eigenvalue weighted by Gasteiger charge is 2.05. The van der Waals surface area contributed by atoms with Gasteiger partial charge in [-0.2, -0.15) is 0 Å². The Morgan fingerprint density at radius 2 is 2.07 bits per heavy atom. The summed E-state index contributed by atoms with van der Waals surface area (Å²) in [5.41, 5.74) is 1.75. The fourth-order valence-corrected chi connectivity index (χ4v) is 1.17. The monoisotopic (exact) mass is 207 g/mol. The summed E-state index contributed by atoms with van der Waals surface area (Å²) >= 11 is 0. The molecule has 1 aromatic carbocycles. The van der Waals surface area contributed by atoms with Crippen molar-refractivity contribution in [2.75, 3.05) is 5.32 Å². The van der Waals surface area contributed by atoms with Crippen molar-refractivity contribution >= 4 is 17.6 Å². The van der Waals surface area contributed by atoms with E-state index in [0.717, 1.165) is 5.56 Å². The van der Waals surface area contributed by atoms with Gasteiger partial charge in [0.15, 0.2) is 0 Å². The first-order valence-electron chi connectivity index (χ1n) is 4.66. The maximum Gasteiger partial charge on any atom is 0.303 e. The van der Waals surface area contributed by atoms with Crippen LogP contribution in [0.3, 0.4) is 0 Å². The van der Waals surface area contributed by atoms with E-state index in [1.165, 1.54) is 0 Å². The molecule has 15 heavy (non-hydrogen) atoms. The normalized spacial score (nSPS) is 9.67. The minimum Gasteiger partial charge on any atom is -0.481 e. The van der Waals surface area contributed by atoms with Crippen molar-refractivity contribution in [1.29, 1.82) is 0 Å². The molecule has 0 saturated carbocycles. The molecule has 0 saturated heterocycles. The molecule has 0 spiro atoms. The van der Waals surface area contributed by atoms with Crippen LogP contribution in [0, 0.1) is 6.92 Å². The van der Waals surface area contributed by atoms with Crippen molar-refractivity contribution in [2.24, 2.45) is 0 Å². The van der Waals surface area contributed by atoms with Gasteiger partial charge < -0.3 is 10.4 Å². The van der Waals surface area contributed by atoms with Crippen molar-refractivity contribution in [3.05, 3.63) is 29.8 Å². The SMILES string of the molecule is Cc1cccc(NC(=O)CCC(=O)O)c1. The molecule has 1 aromatic rings. The first kappa shape index (κ1) is 11.2. The van der Waals surface area contributed by atoms with Crippen molar-refractivity contribution < 1.29 is 14.7 Å². The number of carboxylic acids is 1. The average molecular weight is 207 g/mol. The summed E-state index contributed by atoms with van der Waals surface area (Å²) in [6.07, 6.45) is -0.138. The molecule has 0 aliphatic heterocycles. The molecule has 1 amide bonds. The molecule has 0 fully saturated rings. The fraction of sp³-hybridized carbons (Fsp3) is 0.273. The molecule has 4 nitrogen and oxygen atoms in total. The van der Waals surface area contributed by atoms with E-state index < -0.39 is 5.97 Å². The highest BCUT2D eigenvalue weighted by atomic mass is 16.4. The molecule has 2 N–H and O–H groups in total. The number of rotatable bonds is 4. The summed E-state index contributed by atoms with van der Waals surface area (Å²) in [4.78, 5) is 21.5. The first-order chi connectivity index (χ1) is 7.08. The van der Waals surface area contributed by atoms with Crippen LogP contribution in [-0.4, -0.2) is 17.0 Å². The van der Waals surface area contributed by atoms with Gasteiger partial charge in [-0.25, -0.2) is 0 Å². The van der Waals surface area contributed by atoms with E-state index in [9.17, 15) is 9.59 Å². The molecule has 0 atom stereocenters. The van der Waals surface area contributed by atoms with Crippen LogP contribution in [0.25, 0.3) is 0 Å². The lowest BCUT2D eigenvalue weighted by atomic mass is 10.2. The summed E-state index contributed by atoms with van der Waals surface area (Å²) in [5.74, 6) is -1.24. The quantitative estimate of drug-likeness (QED) is 0.791. The predicted molar refractivity (Wildman–Crippen MR) is 56.7 cm³/mol. The second-order valence-corrected chi connectivity index (χ2v) is 3.31. The van der Waals surface area contributed by atoms with Crippen molar-refractivity contribution in [3.63, 3.8) is 0 Å². The van der Waals surface area contributed by atoms with Gasteiger partial charge in [0, 0.05) is 12.1 Å². The summed E-state index contributed by atoms with van der Waals surface area (Å²) < 4.78 is 0. The molecule has 0 aliphatic rings. The molecule has 0 heterocycles. The Kier molecular flexibility index (Phi) is 3.85. The highest BCUT2D eigenvalue weighted by Crippen LogP contribution is 2.09. The van der Waals surface area contributed by atoms with Crippen molar-refractivity contribution in [3.8, 4) is 0 Å². The van der Waals surface area contributed by atoms with E-state index in [0.29, 0.717) is 5.69 Å². The van der Waals surface area contributed by atoms with Gasteiger partial charge in [-0.3, -0.25) is 9.59 Å². The number of hydrogen-bond acceptors (Lipinski definition) is 2. The maximum atomic E-state index is 11.3. The Morgan fingerprint density at radius 3 is 2.67 bits per heavy atom. The van der Waals surface area contributed by atoms with Crippen LogP contribution in [0.4, 0.5) is 5.69 Å². The molecular weight excluding hydrogens is 194 g/mol. The topological polar surface area (TPSA) is 66.4 Å². The van der Waals surface area contributed by atoms with Gasteiger partial charge in [-0.1, -0.05) is 12.1 Å². The molecule has 80 valence electrons. The number of amides is 1. The van der Waals surface area contributed by atoms with Gasteiger partial charge in [-0.15, -0.1) is 0 Å². The zero-order valence-electron chi connectivity index (χ0n) is 8.49. The molecule has 0 bridgehead atoms. The largest absolute Gasteiger partial charge is 0.481 e. The molecule has 0 radical (unpaired) electrons. The van der Waals surface area contributed by atoms with Crippen LogP contribution in [0.2, 0.25) is 0 Å². The number of aryl methyl sites for hydroxylation is 1. The second-order valence-electron chi connectivity index (χ2n) is 3.31. The van der Waals surface area contributed by atoms with Crippen molar-refractivity contribution in [2.45, 2.75) is 19.8 Å². The van der Waals surface area contributed by atoms with Gasteiger partial charge in [0.1, 0.15) is 0 Å². The van der Waals surface area contributed by atoms with Crippen LogP contribution in [-0.2, 0) is 9.59 Å². The molecule has 0 aliphatic carbocycles. The minimum absolute atomic E-state index is 0.00325. The number of anilines is 1. The van der Waals surface area contributed by atoms with E-state index in [1.807, 2.05) is 25.1 Å². The Bertz CT molecular complexity index is 374. The lowest BCUT2D eigenvalue weighted by Gasteiger charge is -2.04. The molecule has 4 heteroatoms. The van der Waals surface area contributed by atoms with Crippen LogP contribution in [0.15, 0.2) is 24.3 Å². The van der Waals surface area contributed by atoms with Crippen molar-refractivity contribution in [1.82, 2.24) is 0 Å². The highest BCUT2D eigenvalue weighted by molar-refractivity contribution is 5.92. The van der Waals surface area contributed by atoms with Crippen LogP contribution < -0.4 is 5.32 Å². The maximum absolute atomic E-state index is 11.3. The third kappa shape index (κ3) is 4.26. The number of hydrogen-bond donors (Lipinski definition) is 2. The van der Waals surface area contributed by atoms with E-state index in [4.69, 9.17) is 5.11 Å². The Hall–Kier alpha value is -1.84. The smallest absolute Gasteiger partial charge is 0.303 e. The van der Waals surface area contributed by atoms with Gasteiger partial charge >= 0.3 is 5.97 Å². The number of carbonyl (C=O) groups excluding carboxylic acids is 1. The number of aliphatic carboxylic acids is 1. The summed E-state index contributed by atoms with van der Waals surface area (Å²) in [6, 6.07) is 7.36. The lowest BCUT2D eigenvalue weighted by molar-refractivity contribution is -0.138. The Labute approximate surface area is 87.9 Å². The second kappa shape index (κ2) is 5.14. The lowest BCUT2D eigenvalue weighted by Crippen LogP contribution is -2.13. The van der Waals surface area contributed by atoms with Crippen LogP contribution in [0.1, 0.15) is 18.4 Å². The zero-order chi connectivity index (χ0) is 11.3. The van der Waals surface area contributed by atoms with E-state index in [2.05, 4.69) is 5.32 Å².